The van der Waals surface area contributed by atoms with Crippen molar-refractivity contribution in [2.75, 3.05) is 5.75 Å². The minimum atomic E-state index is -0.513. The Hall–Kier alpha value is -2.61. The molecule has 1 aromatic carbocycles. The Bertz CT molecular complexity index is 974. The van der Waals surface area contributed by atoms with Crippen molar-refractivity contribution in [3.05, 3.63) is 53.9 Å². The maximum absolute atomic E-state index is 12.7. The molecule has 28 heavy (non-hydrogen) atoms. The van der Waals surface area contributed by atoms with Crippen LogP contribution in [0.4, 0.5) is 0 Å². The lowest BCUT2D eigenvalue weighted by molar-refractivity contribution is -0.120. The Balaban J connectivity index is 1.46. The van der Waals surface area contributed by atoms with E-state index in [1.807, 2.05) is 29.0 Å². The zero-order chi connectivity index (χ0) is 19.6. The number of aromatic nitrogens is 4. The van der Waals surface area contributed by atoms with Gasteiger partial charge in [-0.25, -0.2) is 4.98 Å². The molecule has 1 amide bonds. The number of para-hydroxylation sites is 1. The summed E-state index contributed by atoms with van der Waals surface area (Å²) in [6.07, 6.45) is 7.42. The van der Waals surface area contributed by atoms with E-state index >= 15 is 0 Å². The highest BCUT2D eigenvalue weighted by molar-refractivity contribution is 7.99. The summed E-state index contributed by atoms with van der Waals surface area (Å²) < 4.78 is 7.16. The summed E-state index contributed by atoms with van der Waals surface area (Å²) in [5.41, 5.74) is 1.71. The molecule has 1 N–H and O–H groups in total. The van der Waals surface area contributed by atoms with Crippen molar-refractivity contribution in [1.29, 1.82) is 0 Å². The minimum absolute atomic E-state index is 0.0475. The third kappa shape index (κ3) is 3.69. The van der Waals surface area contributed by atoms with Gasteiger partial charge in [-0.1, -0.05) is 48.0 Å². The van der Waals surface area contributed by atoms with Crippen molar-refractivity contribution in [1.82, 2.24) is 25.0 Å². The van der Waals surface area contributed by atoms with E-state index in [0.29, 0.717) is 11.7 Å². The number of nitrogens with zero attached hydrogens (tertiary/aromatic N) is 4. The number of aryl methyl sites for hydroxylation is 2. The van der Waals surface area contributed by atoms with Crippen LogP contribution in [0.3, 0.4) is 0 Å². The second-order valence-electron chi connectivity index (χ2n) is 7.13. The first kappa shape index (κ1) is 18.7. The number of carbonyl (C=O) groups excluding carboxylic acids is 1. The Kier molecular flexibility index (Phi) is 5.21. The molecule has 0 atom stereocenters. The van der Waals surface area contributed by atoms with Crippen molar-refractivity contribution >= 4 is 17.7 Å². The summed E-state index contributed by atoms with van der Waals surface area (Å²) >= 11 is 1.42. The molecule has 1 fully saturated rings. The minimum Gasteiger partial charge on any atom is -0.342 e. The van der Waals surface area contributed by atoms with Gasteiger partial charge in [0.1, 0.15) is 5.54 Å². The number of amides is 1. The molecular formula is C20H23N5O2S. The van der Waals surface area contributed by atoms with E-state index in [9.17, 15) is 4.79 Å². The van der Waals surface area contributed by atoms with Gasteiger partial charge < -0.3 is 9.84 Å². The first-order valence-electron chi connectivity index (χ1n) is 9.41. The average Bonchev–Trinajstić information content (AvgIpc) is 3.42. The van der Waals surface area contributed by atoms with E-state index in [-0.39, 0.29) is 11.7 Å². The van der Waals surface area contributed by atoms with Gasteiger partial charge in [0.15, 0.2) is 11.0 Å². The molecule has 3 aromatic rings. The molecule has 7 nitrogen and oxygen atoms in total. The zero-order valence-corrected chi connectivity index (χ0v) is 16.8. The largest absolute Gasteiger partial charge is 0.342 e. The molecule has 0 spiro atoms. The Morgan fingerprint density at radius 1 is 1.29 bits per heavy atom. The third-order valence-corrected chi connectivity index (χ3v) is 6.07. The molecule has 2 aromatic heterocycles. The number of rotatable bonds is 6. The van der Waals surface area contributed by atoms with Crippen LogP contribution in [-0.4, -0.2) is 31.4 Å². The average molecular weight is 398 g/mol. The van der Waals surface area contributed by atoms with Gasteiger partial charge in [0, 0.05) is 19.3 Å². The predicted octanol–water partition coefficient (Wildman–Crippen LogP) is 3.55. The van der Waals surface area contributed by atoms with Crippen molar-refractivity contribution < 1.29 is 9.32 Å². The first-order valence-corrected chi connectivity index (χ1v) is 10.4. The molecule has 146 valence electrons. The molecule has 1 aliphatic rings. The quantitative estimate of drug-likeness (QED) is 0.640. The van der Waals surface area contributed by atoms with Crippen LogP contribution >= 0.6 is 11.8 Å². The fraction of sp³-hybridized carbons (Fsp3) is 0.400. The summed E-state index contributed by atoms with van der Waals surface area (Å²) in [5, 5.41) is 8.04. The lowest BCUT2D eigenvalue weighted by atomic mass is 9.96. The number of thioether (sulfide) groups is 1. The fourth-order valence-corrected chi connectivity index (χ4v) is 4.49. The smallest absolute Gasteiger partial charge is 0.231 e. The van der Waals surface area contributed by atoms with Crippen molar-refractivity contribution in [3.63, 3.8) is 0 Å². The standard InChI is InChI=1S/C20H23N5O2S/c1-14-7-3-4-8-16(14)25-12-11-21-19(25)28-13-17(26)23-20(9-5-6-10-20)18-22-15(2)27-24-18/h3-4,7-8,11-12H,5-6,9-10,13H2,1-2H3,(H,23,26). The van der Waals surface area contributed by atoms with Crippen molar-refractivity contribution in [2.24, 2.45) is 0 Å². The summed E-state index contributed by atoms with van der Waals surface area (Å²) in [7, 11) is 0. The van der Waals surface area contributed by atoms with Crippen LogP contribution in [0.2, 0.25) is 0 Å². The zero-order valence-electron chi connectivity index (χ0n) is 16.0. The number of benzene rings is 1. The van der Waals surface area contributed by atoms with Gasteiger partial charge in [0.05, 0.1) is 11.4 Å². The van der Waals surface area contributed by atoms with E-state index in [4.69, 9.17) is 4.52 Å². The highest BCUT2D eigenvalue weighted by Crippen LogP contribution is 2.37. The SMILES string of the molecule is Cc1nc(C2(NC(=O)CSc3nccn3-c3ccccc3C)CCCC2)no1. The van der Waals surface area contributed by atoms with Crippen molar-refractivity contribution in [3.8, 4) is 5.69 Å². The van der Waals surface area contributed by atoms with E-state index in [1.54, 1.807) is 13.1 Å². The topological polar surface area (TPSA) is 85.8 Å². The van der Waals surface area contributed by atoms with Crippen LogP contribution in [0.1, 0.15) is 43.0 Å². The summed E-state index contributed by atoms with van der Waals surface area (Å²) in [6.45, 7) is 3.83. The highest BCUT2D eigenvalue weighted by atomic mass is 32.2. The van der Waals surface area contributed by atoms with E-state index in [1.165, 1.54) is 11.8 Å². The highest BCUT2D eigenvalue weighted by Gasteiger charge is 2.41. The summed E-state index contributed by atoms with van der Waals surface area (Å²) in [5.74, 6) is 1.34. The van der Waals surface area contributed by atoms with Gasteiger partial charge >= 0.3 is 0 Å². The molecule has 2 heterocycles. The lowest BCUT2D eigenvalue weighted by Crippen LogP contribution is -2.45. The van der Waals surface area contributed by atoms with Crippen molar-refractivity contribution in [2.45, 2.75) is 50.2 Å². The van der Waals surface area contributed by atoms with Gasteiger partial charge in [-0.2, -0.15) is 4.98 Å². The van der Waals surface area contributed by atoms with E-state index in [0.717, 1.165) is 42.1 Å². The number of nitrogens with one attached hydrogen (secondary N) is 1. The van der Waals surface area contributed by atoms with Crippen LogP contribution in [0.25, 0.3) is 5.69 Å². The second-order valence-corrected chi connectivity index (χ2v) is 8.07. The van der Waals surface area contributed by atoms with Gasteiger partial charge in [-0.15, -0.1) is 0 Å². The fourth-order valence-electron chi connectivity index (χ4n) is 3.72. The van der Waals surface area contributed by atoms with Gasteiger partial charge in [0.2, 0.25) is 11.8 Å². The Labute approximate surface area is 167 Å². The molecule has 1 saturated carbocycles. The van der Waals surface area contributed by atoms with Crippen LogP contribution in [0, 0.1) is 13.8 Å². The van der Waals surface area contributed by atoms with Crippen LogP contribution in [-0.2, 0) is 10.3 Å². The predicted molar refractivity (Wildman–Crippen MR) is 106 cm³/mol. The second kappa shape index (κ2) is 7.79. The van der Waals surface area contributed by atoms with E-state index in [2.05, 4.69) is 33.4 Å². The molecule has 0 unspecified atom stereocenters. The maximum Gasteiger partial charge on any atom is 0.231 e. The lowest BCUT2D eigenvalue weighted by Gasteiger charge is -2.26. The molecule has 4 rings (SSSR count). The Morgan fingerprint density at radius 2 is 2.07 bits per heavy atom. The maximum atomic E-state index is 12.7. The normalized spacial score (nSPS) is 15.6. The van der Waals surface area contributed by atoms with Crippen LogP contribution < -0.4 is 5.32 Å². The third-order valence-electron chi connectivity index (χ3n) is 5.11. The molecule has 8 heteroatoms. The van der Waals surface area contributed by atoms with Crippen LogP contribution in [0.5, 0.6) is 0 Å². The molecule has 0 aliphatic heterocycles. The van der Waals surface area contributed by atoms with E-state index < -0.39 is 5.54 Å². The molecule has 0 bridgehead atoms. The monoisotopic (exact) mass is 397 g/mol. The van der Waals surface area contributed by atoms with Gasteiger partial charge in [-0.05, 0) is 31.4 Å². The number of carbonyl (C=O) groups is 1. The molecule has 0 saturated heterocycles. The molecule has 0 radical (unpaired) electrons. The number of hydrogen-bond donors (Lipinski definition) is 1. The summed E-state index contributed by atoms with van der Waals surface area (Å²) in [6, 6.07) is 8.12. The molecule has 1 aliphatic carbocycles. The summed E-state index contributed by atoms with van der Waals surface area (Å²) in [4.78, 5) is 21.5. The number of hydrogen-bond acceptors (Lipinski definition) is 6. The van der Waals surface area contributed by atoms with Gasteiger partial charge in [0.25, 0.3) is 0 Å². The first-order chi connectivity index (χ1) is 13.6. The van der Waals surface area contributed by atoms with Crippen LogP contribution in [0.15, 0.2) is 46.3 Å². The molecular weight excluding hydrogens is 374 g/mol. The van der Waals surface area contributed by atoms with Gasteiger partial charge in [-0.3, -0.25) is 9.36 Å². The number of imidazole rings is 1. The Morgan fingerprint density at radius 3 is 2.79 bits per heavy atom.